The number of ether oxygens (including phenoxy) is 1. The first-order valence-corrected chi connectivity index (χ1v) is 6.39. The number of methoxy groups -OCH3 is 1. The van der Waals surface area contributed by atoms with Gasteiger partial charge in [0.2, 0.25) is 0 Å². The fourth-order valence-electron chi connectivity index (χ4n) is 1.77. The number of amides is 1. The largest absolute Gasteiger partial charge is 0.399 e. The Morgan fingerprint density at radius 1 is 1.45 bits per heavy atom. The number of nitrogens with one attached hydrogen (secondary N) is 1. The molecule has 20 heavy (non-hydrogen) atoms. The molecule has 0 aliphatic carbocycles. The molecule has 0 saturated carbocycles. The van der Waals surface area contributed by atoms with E-state index in [1.165, 1.54) is 0 Å². The minimum Gasteiger partial charge on any atom is -0.399 e. The molecule has 3 N–H and O–H groups in total. The van der Waals surface area contributed by atoms with Crippen LogP contribution in [0.1, 0.15) is 16.9 Å². The van der Waals surface area contributed by atoms with Crippen molar-refractivity contribution in [1.82, 2.24) is 15.1 Å². The molecule has 106 valence electrons. The van der Waals surface area contributed by atoms with Gasteiger partial charge >= 0.3 is 0 Å². The monoisotopic (exact) mass is 274 g/mol. The van der Waals surface area contributed by atoms with Gasteiger partial charge in [0.25, 0.3) is 5.91 Å². The van der Waals surface area contributed by atoms with Crippen LogP contribution in [0.15, 0.2) is 36.5 Å². The Morgan fingerprint density at radius 3 is 3.05 bits per heavy atom. The molecule has 1 aromatic heterocycles. The van der Waals surface area contributed by atoms with Crippen LogP contribution in [0, 0.1) is 0 Å². The molecule has 6 heteroatoms. The molecule has 0 radical (unpaired) electrons. The highest BCUT2D eigenvalue weighted by atomic mass is 16.5. The van der Waals surface area contributed by atoms with Crippen LogP contribution in [0.5, 0.6) is 0 Å². The highest BCUT2D eigenvalue weighted by molar-refractivity contribution is 5.92. The first-order chi connectivity index (χ1) is 9.70. The highest BCUT2D eigenvalue weighted by Crippen LogP contribution is 2.11. The molecule has 2 aromatic rings. The lowest BCUT2D eigenvalue weighted by molar-refractivity contribution is 0.0943. The van der Waals surface area contributed by atoms with E-state index in [1.807, 2.05) is 12.1 Å². The summed E-state index contributed by atoms with van der Waals surface area (Å²) >= 11 is 0. The Bertz CT molecular complexity index is 580. The van der Waals surface area contributed by atoms with Gasteiger partial charge in [-0.25, -0.2) is 4.68 Å². The molecule has 0 atom stereocenters. The predicted molar refractivity (Wildman–Crippen MR) is 76.8 cm³/mol. The number of nitrogen functional groups attached to an aromatic ring is 1. The summed E-state index contributed by atoms with van der Waals surface area (Å²) in [4.78, 5) is 11.9. The third-order valence-electron chi connectivity index (χ3n) is 2.77. The quantitative estimate of drug-likeness (QED) is 0.613. The van der Waals surface area contributed by atoms with Crippen LogP contribution >= 0.6 is 0 Å². The fourth-order valence-corrected chi connectivity index (χ4v) is 1.77. The van der Waals surface area contributed by atoms with E-state index in [0.717, 1.165) is 12.1 Å². The lowest BCUT2D eigenvalue weighted by atomic mass is 10.3. The summed E-state index contributed by atoms with van der Waals surface area (Å²) in [5, 5.41) is 7.03. The third-order valence-corrected chi connectivity index (χ3v) is 2.77. The van der Waals surface area contributed by atoms with Crippen molar-refractivity contribution in [3.63, 3.8) is 0 Å². The van der Waals surface area contributed by atoms with Crippen molar-refractivity contribution in [3.05, 3.63) is 42.2 Å². The number of aromatic nitrogens is 2. The van der Waals surface area contributed by atoms with Gasteiger partial charge in [-0.3, -0.25) is 4.79 Å². The van der Waals surface area contributed by atoms with Crippen LogP contribution in [0.4, 0.5) is 5.69 Å². The molecule has 0 unspecified atom stereocenters. The minimum absolute atomic E-state index is 0.191. The lowest BCUT2D eigenvalue weighted by Crippen LogP contribution is -2.25. The zero-order chi connectivity index (χ0) is 14.4. The number of hydrogen-bond donors (Lipinski definition) is 2. The van der Waals surface area contributed by atoms with Gasteiger partial charge in [-0.05, 0) is 30.7 Å². The second kappa shape index (κ2) is 6.72. The molecule has 6 nitrogen and oxygen atoms in total. The highest BCUT2D eigenvalue weighted by Gasteiger charge is 2.09. The van der Waals surface area contributed by atoms with E-state index in [0.29, 0.717) is 24.5 Å². The van der Waals surface area contributed by atoms with E-state index in [9.17, 15) is 4.79 Å². The van der Waals surface area contributed by atoms with Crippen LogP contribution < -0.4 is 11.1 Å². The van der Waals surface area contributed by atoms with Gasteiger partial charge in [0, 0.05) is 32.1 Å². The van der Waals surface area contributed by atoms with Gasteiger partial charge in [0.1, 0.15) is 0 Å². The number of anilines is 1. The van der Waals surface area contributed by atoms with Gasteiger partial charge in [-0.2, -0.15) is 5.10 Å². The molecule has 0 fully saturated rings. The van der Waals surface area contributed by atoms with Gasteiger partial charge in [0.05, 0.1) is 5.69 Å². The molecule has 0 aliphatic rings. The van der Waals surface area contributed by atoms with Crippen molar-refractivity contribution in [2.24, 2.45) is 0 Å². The number of benzene rings is 1. The second-order valence-electron chi connectivity index (χ2n) is 4.34. The van der Waals surface area contributed by atoms with E-state index in [4.69, 9.17) is 10.5 Å². The molecule has 1 amide bonds. The molecule has 1 heterocycles. The van der Waals surface area contributed by atoms with Gasteiger partial charge in [-0.1, -0.05) is 6.07 Å². The molecular formula is C14H18N4O2. The number of rotatable bonds is 6. The van der Waals surface area contributed by atoms with Crippen molar-refractivity contribution in [2.75, 3.05) is 26.0 Å². The molecular weight excluding hydrogens is 256 g/mol. The molecule has 0 saturated heterocycles. The van der Waals surface area contributed by atoms with E-state index < -0.39 is 0 Å². The Kier molecular flexibility index (Phi) is 4.73. The Morgan fingerprint density at radius 2 is 2.30 bits per heavy atom. The van der Waals surface area contributed by atoms with Crippen LogP contribution in [0.25, 0.3) is 5.69 Å². The van der Waals surface area contributed by atoms with E-state index in [2.05, 4.69) is 10.4 Å². The number of carbonyl (C=O) groups is 1. The summed E-state index contributed by atoms with van der Waals surface area (Å²) in [6.07, 6.45) is 2.51. The topological polar surface area (TPSA) is 82.2 Å². The average Bonchev–Trinajstić information content (AvgIpc) is 2.93. The summed E-state index contributed by atoms with van der Waals surface area (Å²) in [7, 11) is 1.63. The zero-order valence-electron chi connectivity index (χ0n) is 11.4. The second-order valence-corrected chi connectivity index (χ2v) is 4.34. The zero-order valence-corrected chi connectivity index (χ0v) is 11.4. The molecule has 2 rings (SSSR count). The van der Waals surface area contributed by atoms with E-state index >= 15 is 0 Å². The number of nitrogens with zero attached hydrogens (tertiary/aromatic N) is 2. The predicted octanol–water partition coefficient (Wildman–Crippen LogP) is 1.22. The lowest BCUT2D eigenvalue weighted by Gasteiger charge is -2.03. The summed E-state index contributed by atoms with van der Waals surface area (Å²) in [6.45, 7) is 1.19. The van der Waals surface area contributed by atoms with Crippen LogP contribution in [0.3, 0.4) is 0 Å². The number of carbonyl (C=O) groups excluding carboxylic acids is 1. The fraction of sp³-hybridized carbons (Fsp3) is 0.286. The first kappa shape index (κ1) is 14.1. The standard InChI is InChI=1S/C14H18N4O2/c1-20-9-3-7-16-14(19)13-6-8-18(17-13)12-5-2-4-11(15)10-12/h2,4-6,8,10H,3,7,9,15H2,1H3,(H,16,19). The van der Waals surface area contributed by atoms with Gasteiger partial charge in [-0.15, -0.1) is 0 Å². The molecule has 1 aromatic carbocycles. The van der Waals surface area contributed by atoms with Crippen LogP contribution in [-0.2, 0) is 4.74 Å². The van der Waals surface area contributed by atoms with Crippen molar-refractivity contribution in [3.8, 4) is 5.69 Å². The van der Waals surface area contributed by atoms with Crippen molar-refractivity contribution >= 4 is 11.6 Å². The Balaban J connectivity index is 2.00. The van der Waals surface area contributed by atoms with Gasteiger partial charge < -0.3 is 15.8 Å². The minimum atomic E-state index is -0.191. The molecule has 0 aliphatic heterocycles. The summed E-state index contributed by atoms with van der Waals surface area (Å²) in [5.41, 5.74) is 7.58. The van der Waals surface area contributed by atoms with E-state index in [-0.39, 0.29) is 5.91 Å². The van der Waals surface area contributed by atoms with Gasteiger partial charge in [0.15, 0.2) is 5.69 Å². The Hall–Kier alpha value is -2.34. The van der Waals surface area contributed by atoms with Crippen molar-refractivity contribution < 1.29 is 9.53 Å². The average molecular weight is 274 g/mol. The summed E-state index contributed by atoms with van der Waals surface area (Å²) in [5.74, 6) is -0.191. The Labute approximate surface area is 117 Å². The third kappa shape index (κ3) is 3.58. The first-order valence-electron chi connectivity index (χ1n) is 6.39. The normalized spacial score (nSPS) is 10.4. The smallest absolute Gasteiger partial charge is 0.271 e. The van der Waals surface area contributed by atoms with Crippen molar-refractivity contribution in [2.45, 2.75) is 6.42 Å². The SMILES string of the molecule is COCCCNC(=O)c1ccn(-c2cccc(N)c2)n1. The summed E-state index contributed by atoms with van der Waals surface area (Å²) < 4.78 is 6.55. The number of hydrogen-bond acceptors (Lipinski definition) is 4. The number of nitrogens with two attached hydrogens (primary N) is 1. The van der Waals surface area contributed by atoms with Crippen molar-refractivity contribution in [1.29, 1.82) is 0 Å². The maximum atomic E-state index is 11.9. The van der Waals surface area contributed by atoms with Crippen LogP contribution in [-0.4, -0.2) is 35.9 Å². The van der Waals surface area contributed by atoms with E-state index in [1.54, 1.807) is 36.2 Å². The molecule has 0 spiro atoms. The van der Waals surface area contributed by atoms with Crippen LogP contribution in [0.2, 0.25) is 0 Å². The maximum absolute atomic E-state index is 11.9. The summed E-state index contributed by atoms with van der Waals surface area (Å²) in [6, 6.07) is 9.00. The maximum Gasteiger partial charge on any atom is 0.271 e. The molecule has 0 bridgehead atoms.